The summed E-state index contributed by atoms with van der Waals surface area (Å²) in [7, 11) is 1.40. The number of carbonyl (C=O) groups excluding carboxylic acids is 6. The molecule has 1 unspecified atom stereocenters. The zero-order valence-corrected chi connectivity index (χ0v) is 36.8. The number of alkyl carbamates (subject to hydrolysis) is 1. The van der Waals surface area contributed by atoms with Crippen LogP contribution in [0.25, 0.3) is 0 Å². The zero-order valence-electron chi connectivity index (χ0n) is 36.8. The lowest BCUT2D eigenvalue weighted by Crippen LogP contribution is -2.82. The Morgan fingerprint density at radius 3 is 2.20 bits per heavy atom. The summed E-state index contributed by atoms with van der Waals surface area (Å²) in [6.07, 6.45) is -10.2. The number of ketones is 1. The van der Waals surface area contributed by atoms with Crippen molar-refractivity contribution in [3.8, 4) is 5.75 Å². The van der Waals surface area contributed by atoms with E-state index < -0.39 is 118 Å². The van der Waals surface area contributed by atoms with E-state index in [0.29, 0.717) is 11.3 Å². The number of aliphatic hydroxyl groups excluding tert-OH is 2. The molecule has 17 heteroatoms. The Bertz CT molecular complexity index is 2010. The topological polar surface area (TPSA) is 240 Å². The molecule has 3 fully saturated rings. The van der Waals surface area contributed by atoms with Crippen LogP contribution in [-0.2, 0) is 47.6 Å². The second-order valence-corrected chi connectivity index (χ2v) is 18.4. The zero-order chi connectivity index (χ0) is 45.8. The van der Waals surface area contributed by atoms with Crippen LogP contribution in [0.1, 0.15) is 99.4 Å². The van der Waals surface area contributed by atoms with Crippen molar-refractivity contribution >= 4 is 35.8 Å². The first-order valence-corrected chi connectivity index (χ1v) is 20.2. The monoisotopic (exact) mass is 857 g/mol. The minimum atomic E-state index is -2.42. The average Bonchev–Trinajstić information content (AvgIpc) is 3.14. The van der Waals surface area contributed by atoms with E-state index in [-0.39, 0.29) is 29.7 Å². The summed E-state index contributed by atoms with van der Waals surface area (Å²) in [6, 6.07) is 4.61. The smallest absolute Gasteiger partial charge is 0.408 e. The number of ether oxygens (including phenoxy) is 7. The molecule has 0 radical (unpaired) electrons. The van der Waals surface area contributed by atoms with E-state index in [4.69, 9.17) is 33.2 Å². The molecule has 0 spiro atoms. The van der Waals surface area contributed by atoms with E-state index in [1.165, 1.54) is 45.2 Å². The summed E-state index contributed by atoms with van der Waals surface area (Å²) < 4.78 is 40.8. The molecule has 11 atom stereocenters. The van der Waals surface area contributed by atoms with Crippen molar-refractivity contribution in [3.63, 3.8) is 0 Å². The molecule has 3 aliphatic carbocycles. The second kappa shape index (κ2) is 16.8. The molecule has 1 saturated heterocycles. The molecule has 1 aromatic carbocycles. The molecule has 336 valence electrons. The fourth-order valence-corrected chi connectivity index (χ4v) is 9.56. The summed E-state index contributed by atoms with van der Waals surface area (Å²) >= 11 is 0. The fourth-order valence-electron chi connectivity index (χ4n) is 9.56. The van der Waals surface area contributed by atoms with Gasteiger partial charge in [-0.25, -0.2) is 14.4 Å². The summed E-state index contributed by atoms with van der Waals surface area (Å²) in [5.41, 5.74) is -8.18. The van der Waals surface area contributed by atoms with Crippen LogP contribution < -0.4 is 10.1 Å². The highest BCUT2D eigenvalue weighted by molar-refractivity contribution is 5.95. The highest BCUT2D eigenvalue weighted by atomic mass is 16.6. The number of fused-ring (bicyclic) bond motifs is 5. The summed E-state index contributed by atoms with van der Waals surface area (Å²) in [5, 5.41) is 39.6. The molecule has 2 saturated carbocycles. The van der Waals surface area contributed by atoms with Crippen molar-refractivity contribution < 1.29 is 77.2 Å². The number of methoxy groups -OCH3 is 1. The Kier molecular flexibility index (Phi) is 13.0. The lowest BCUT2D eigenvalue weighted by molar-refractivity contribution is -0.346. The van der Waals surface area contributed by atoms with Crippen LogP contribution in [0.4, 0.5) is 4.79 Å². The number of rotatable bonds is 10. The van der Waals surface area contributed by atoms with Crippen LogP contribution in [0.2, 0.25) is 0 Å². The van der Waals surface area contributed by atoms with Crippen LogP contribution in [0.15, 0.2) is 47.1 Å². The van der Waals surface area contributed by atoms with E-state index >= 15 is 4.79 Å². The maximum Gasteiger partial charge on any atom is 0.408 e. The highest BCUT2D eigenvalue weighted by Crippen LogP contribution is 2.64. The van der Waals surface area contributed by atoms with Gasteiger partial charge in [-0.05, 0) is 77.8 Å². The van der Waals surface area contributed by atoms with E-state index in [1.807, 2.05) is 0 Å². The fraction of sp³-hybridized carbons (Fsp3) is 0.636. The largest absolute Gasteiger partial charge is 0.497 e. The van der Waals surface area contributed by atoms with Gasteiger partial charge in [0.05, 0.1) is 42.8 Å². The number of amides is 1. The van der Waals surface area contributed by atoms with Gasteiger partial charge in [0.2, 0.25) is 0 Å². The molecule has 17 nitrogen and oxygen atoms in total. The summed E-state index contributed by atoms with van der Waals surface area (Å²) in [6.45, 7) is 16.1. The van der Waals surface area contributed by atoms with Crippen LogP contribution >= 0.6 is 0 Å². The molecule has 1 amide bonds. The number of carbonyl (C=O) groups is 6. The van der Waals surface area contributed by atoms with E-state index in [0.717, 1.165) is 13.8 Å². The van der Waals surface area contributed by atoms with Crippen LogP contribution in [0.3, 0.4) is 0 Å². The highest BCUT2D eigenvalue weighted by Gasteiger charge is 2.78. The van der Waals surface area contributed by atoms with Crippen molar-refractivity contribution in [3.05, 3.63) is 52.6 Å². The lowest BCUT2D eigenvalue weighted by Gasteiger charge is -2.67. The lowest BCUT2D eigenvalue weighted by atomic mass is 9.44. The Morgan fingerprint density at radius 2 is 1.66 bits per heavy atom. The Balaban J connectivity index is 1.74. The Morgan fingerprint density at radius 1 is 1.00 bits per heavy atom. The molecule has 2 bridgehead atoms. The number of Topliss-reactive ketones (excluding diaryl/α,β-unsaturated/α-hetero) is 1. The first kappa shape index (κ1) is 47.2. The van der Waals surface area contributed by atoms with Gasteiger partial charge in [0.1, 0.15) is 35.3 Å². The van der Waals surface area contributed by atoms with Gasteiger partial charge in [0.25, 0.3) is 0 Å². The molecule has 4 N–H and O–H groups in total. The minimum absolute atomic E-state index is 0.0235. The van der Waals surface area contributed by atoms with Gasteiger partial charge in [-0.1, -0.05) is 31.6 Å². The van der Waals surface area contributed by atoms with Gasteiger partial charge in [-0.2, -0.15) is 0 Å². The van der Waals surface area contributed by atoms with Gasteiger partial charge in [0, 0.05) is 32.1 Å². The standard InChI is InChI=1S/C44H59NO16/c1-21(2)16-27(45-39(53)61-40(6,7)8)32(49)38(52)58-28-19-44(54)36(59-37(51)25-14-13-15-26(17-25)55-12)34-42(11,29(48)18-30-43(34,20-56-30)60-24(5)47)35(50)33(57-23(4)46)31(22(28)3)41(44,9)10/h13-17,27-30,32-34,36,48-49,54H,18-20H2,1-12H3,(H,45,53)/t27-,28-,29-,30+,32+,33+,34?,36-,42+,43-,44+/m0/s1. The first-order valence-electron chi connectivity index (χ1n) is 20.2. The number of esters is 4. The van der Waals surface area contributed by atoms with Gasteiger partial charge in [-0.3, -0.25) is 14.4 Å². The van der Waals surface area contributed by atoms with Gasteiger partial charge < -0.3 is 53.8 Å². The number of aliphatic hydroxyl groups is 3. The predicted molar refractivity (Wildman–Crippen MR) is 214 cm³/mol. The third-order valence-corrected chi connectivity index (χ3v) is 12.5. The number of hydrogen-bond acceptors (Lipinski definition) is 16. The summed E-state index contributed by atoms with van der Waals surface area (Å²) in [5.74, 6) is -6.12. The number of allylic oxidation sites excluding steroid dienone is 1. The molecule has 0 aromatic heterocycles. The summed E-state index contributed by atoms with van der Waals surface area (Å²) in [4.78, 5) is 82.7. The maximum absolute atomic E-state index is 15.5. The first-order chi connectivity index (χ1) is 28.1. The third kappa shape index (κ3) is 8.53. The number of hydrogen-bond donors (Lipinski definition) is 4. The van der Waals surface area contributed by atoms with E-state index in [9.17, 15) is 39.3 Å². The van der Waals surface area contributed by atoms with Gasteiger partial charge in [0.15, 0.2) is 23.6 Å². The Hall–Kier alpha value is -4.84. The van der Waals surface area contributed by atoms with Crippen LogP contribution in [0.5, 0.6) is 5.75 Å². The molecular weight excluding hydrogens is 798 g/mol. The molecule has 1 aliphatic heterocycles. The third-order valence-electron chi connectivity index (χ3n) is 12.5. The number of nitrogens with one attached hydrogen (secondary N) is 1. The quantitative estimate of drug-likeness (QED) is 0.150. The van der Waals surface area contributed by atoms with Crippen molar-refractivity contribution in [2.75, 3.05) is 13.7 Å². The molecule has 5 rings (SSSR count). The molecule has 4 aliphatic rings. The molecule has 1 heterocycles. The number of benzene rings is 1. The molecule has 61 heavy (non-hydrogen) atoms. The molecular formula is C44H59NO16. The Labute approximate surface area is 355 Å². The average molecular weight is 858 g/mol. The predicted octanol–water partition coefficient (Wildman–Crippen LogP) is 3.43. The van der Waals surface area contributed by atoms with Crippen molar-refractivity contribution in [2.24, 2.45) is 16.7 Å². The SMILES string of the molecule is COc1cccc(C(=O)O[C@H]2C3[C@](C)(C(=O)[C@H](OC(C)=O)C4=C(C)[C@@H](OC(=O)[C@H](O)[C@H](C=C(C)C)NC(=O)OC(C)(C)C)C[C@]2(O)C4(C)C)[C@@H](O)C[C@H]2OC[C@@]32OC(C)=O)c1. The maximum atomic E-state index is 15.5. The van der Waals surface area contributed by atoms with Crippen LogP contribution in [-0.4, -0.2) is 124 Å². The van der Waals surface area contributed by atoms with Crippen molar-refractivity contribution in [1.29, 1.82) is 0 Å². The normalized spacial score (nSPS) is 32.4. The van der Waals surface area contributed by atoms with Crippen LogP contribution in [0, 0.1) is 16.7 Å². The van der Waals surface area contributed by atoms with E-state index in [1.54, 1.807) is 54.5 Å². The van der Waals surface area contributed by atoms with Crippen molar-refractivity contribution in [1.82, 2.24) is 5.32 Å². The van der Waals surface area contributed by atoms with Gasteiger partial charge >= 0.3 is 30.0 Å². The molecule has 1 aromatic rings. The van der Waals surface area contributed by atoms with E-state index in [2.05, 4.69) is 5.32 Å². The van der Waals surface area contributed by atoms with Crippen molar-refractivity contribution in [2.45, 2.75) is 148 Å². The minimum Gasteiger partial charge on any atom is -0.497 e. The van der Waals surface area contributed by atoms with Gasteiger partial charge in [-0.15, -0.1) is 0 Å². The second-order valence-electron chi connectivity index (χ2n) is 18.4.